The molecule has 2 N–H and O–H groups in total. The minimum absolute atomic E-state index is 0.0291. The zero-order valence-corrected chi connectivity index (χ0v) is 12.9. The number of piperidine rings is 1. The van der Waals surface area contributed by atoms with Gasteiger partial charge in [0.25, 0.3) is 5.91 Å². The van der Waals surface area contributed by atoms with Gasteiger partial charge < -0.3 is 19.7 Å². The van der Waals surface area contributed by atoms with E-state index in [1.807, 2.05) is 11.8 Å². The molecule has 2 aliphatic rings. The standard InChI is InChI=1S/C15H21ClN2O3/c1-2-21-13-8-12(19)15(13)3-5-18(6-4-15)14(20)11-7-10(16)9-17-11/h7,9,12-13,17,19H,2-6,8H2,1H3/t12-,13+/m1/s1. The van der Waals surface area contributed by atoms with Crippen molar-refractivity contribution in [3.63, 3.8) is 0 Å². The third-order valence-electron chi connectivity index (χ3n) is 4.97. The Kier molecular flexibility index (Phi) is 3.99. The van der Waals surface area contributed by atoms with Crippen LogP contribution in [0.4, 0.5) is 0 Å². The highest BCUT2D eigenvalue weighted by atomic mass is 35.5. The number of carbonyl (C=O) groups excluding carboxylic acids is 1. The molecule has 1 aliphatic carbocycles. The molecule has 1 aromatic rings. The second-order valence-electron chi connectivity index (χ2n) is 5.95. The number of carbonyl (C=O) groups is 1. The number of aliphatic hydroxyl groups excluding tert-OH is 1. The van der Waals surface area contributed by atoms with Gasteiger partial charge in [0, 0.05) is 37.7 Å². The highest BCUT2D eigenvalue weighted by molar-refractivity contribution is 6.30. The number of ether oxygens (including phenoxy) is 1. The molecule has 116 valence electrons. The van der Waals surface area contributed by atoms with E-state index in [4.69, 9.17) is 16.3 Å². The number of amides is 1. The Hall–Kier alpha value is -1.04. The molecule has 1 saturated heterocycles. The van der Waals surface area contributed by atoms with Crippen molar-refractivity contribution in [2.45, 2.75) is 38.4 Å². The summed E-state index contributed by atoms with van der Waals surface area (Å²) < 4.78 is 5.74. The number of H-pyrrole nitrogens is 1. The van der Waals surface area contributed by atoms with Gasteiger partial charge >= 0.3 is 0 Å². The van der Waals surface area contributed by atoms with Crippen LogP contribution in [0.5, 0.6) is 0 Å². The van der Waals surface area contributed by atoms with Gasteiger partial charge in [-0.3, -0.25) is 4.79 Å². The minimum atomic E-state index is -0.300. The lowest BCUT2D eigenvalue weighted by molar-refractivity contribution is -0.207. The summed E-state index contributed by atoms with van der Waals surface area (Å²) >= 11 is 5.84. The first kappa shape index (κ1) is 14.9. The van der Waals surface area contributed by atoms with Gasteiger partial charge in [-0.05, 0) is 25.8 Å². The van der Waals surface area contributed by atoms with Gasteiger partial charge in [0.2, 0.25) is 0 Å². The lowest BCUT2D eigenvalue weighted by Gasteiger charge is -2.56. The van der Waals surface area contributed by atoms with Crippen molar-refractivity contribution >= 4 is 17.5 Å². The number of likely N-dealkylation sites (tertiary alicyclic amines) is 1. The predicted octanol–water partition coefficient (Wildman–Crippen LogP) is 2.06. The van der Waals surface area contributed by atoms with Crippen LogP contribution in [0.25, 0.3) is 0 Å². The van der Waals surface area contributed by atoms with Crippen LogP contribution in [-0.4, -0.2) is 52.8 Å². The molecule has 3 rings (SSSR count). The Morgan fingerprint density at radius 1 is 1.57 bits per heavy atom. The highest BCUT2D eigenvalue weighted by Crippen LogP contribution is 2.51. The molecule has 0 unspecified atom stereocenters. The lowest BCUT2D eigenvalue weighted by Crippen LogP contribution is -2.62. The number of aromatic amines is 1. The molecule has 1 aromatic heterocycles. The van der Waals surface area contributed by atoms with Crippen LogP contribution < -0.4 is 0 Å². The molecule has 6 heteroatoms. The zero-order chi connectivity index (χ0) is 15.0. The van der Waals surface area contributed by atoms with Crippen LogP contribution in [0.15, 0.2) is 12.3 Å². The van der Waals surface area contributed by atoms with E-state index >= 15 is 0 Å². The third kappa shape index (κ3) is 2.47. The second-order valence-corrected chi connectivity index (χ2v) is 6.39. The number of nitrogens with zero attached hydrogens (tertiary/aromatic N) is 1. The Morgan fingerprint density at radius 2 is 2.29 bits per heavy atom. The first-order valence-electron chi connectivity index (χ1n) is 7.49. The largest absolute Gasteiger partial charge is 0.392 e. The van der Waals surface area contributed by atoms with Crippen LogP contribution in [0.3, 0.4) is 0 Å². The second kappa shape index (κ2) is 5.63. The van der Waals surface area contributed by atoms with Crippen molar-refractivity contribution in [1.29, 1.82) is 0 Å². The fourth-order valence-electron chi connectivity index (χ4n) is 3.60. The molecule has 1 spiro atoms. The van der Waals surface area contributed by atoms with Crippen molar-refractivity contribution in [2.24, 2.45) is 5.41 Å². The molecule has 0 bridgehead atoms. The summed E-state index contributed by atoms with van der Waals surface area (Å²) in [5.41, 5.74) is 0.367. The number of nitrogens with one attached hydrogen (secondary N) is 1. The van der Waals surface area contributed by atoms with Crippen LogP contribution in [0.1, 0.15) is 36.7 Å². The molecule has 21 heavy (non-hydrogen) atoms. The molecule has 1 saturated carbocycles. The van der Waals surface area contributed by atoms with Gasteiger partial charge in [0.15, 0.2) is 0 Å². The van der Waals surface area contributed by atoms with Gasteiger partial charge in [-0.2, -0.15) is 0 Å². The topological polar surface area (TPSA) is 65.6 Å². The number of hydrogen-bond donors (Lipinski definition) is 2. The average Bonchev–Trinajstić information content (AvgIpc) is 2.93. The SMILES string of the molecule is CCO[C@H]1C[C@@H](O)C12CCN(C(=O)c1cc(Cl)c[nH]1)CC2. The molecule has 2 atom stereocenters. The van der Waals surface area contributed by atoms with Crippen molar-refractivity contribution in [1.82, 2.24) is 9.88 Å². The molecule has 1 aliphatic heterocycles. The summed E-state index contributed by atoms with van der Waals surface area (Å²) in [6.45, 7) is 3.95. The van der Waals surface area contributed by atoms with Crippen LogP contribution >= 0.6 is 11.6 Å². The Labute approximate surface area is 129 Å². The molecule has 2 fully saturated rings. The van der Waals surface area contributed by atoms with Gasteiger partial charge in [-0.25, -0.2) is 0 Å². The van der Waals surface area contributed by atoms with E-state index in [0.29, 0.717) is 36.8 Å². The molecule has 0 aromatic carbocycles. The summed E-state index contributed by atoms with van der Waals surface area (Å²) in [6, 6.07) is 1.65. The van der Waals surface area contributed by atoms with Crippen molar-refractivity contribution < 1.29 is 14.6 Å². The normalized spacial score (nSPS) is 27.7. The van der Waals surface area contributed by atoms with E-state index in [0.717, 1.165) is 12.8 Å². The molecule has 2 heterocycles. The number of hydrogen-bond acceptors (Lipinski definition) is 3. The zero-order valence-electron chi connectivity index (χ0n) is 12.1. The number of halogens is 1. The van der Waals surface area contributed by atoms with Crippen molar-refractivity contribution in [2.75, 3.05) is 19.7 Å². The Morgan fingerprint density at radius 3 is 2.81 bits per heavy atom. The quantitative estimate of drug-likeness (QED) is 0.898. The van der Waals surface area contributed by atoms with Crippen LogP contribution in [0.2, 0.25) is 5.02 Å². The third-order valence-corrected chi connectivity index (χ3v) is 5.19. The molecule has 5 nitrogen and oxygen atoms in total. The minimum Gasteiger partial charge on any atom is -0.392 e. The maximum absolute atomic E-state index is 12.4. The number of aliphatic hydroxyl groups is 1. The molecule has 0 radical (unpaired) electrons. The monoisotopic (exact) mass is 312 g/mol. The first-order valence-corrected chi connectivity index (χ1v) is 7.87. The van der Waals surface area contributed by atoms with Crippen LogP contribution in [0, 0.1) is 5.41 Å². The Balaban J connectivity index is 1.63. The predicted molar refractivity (Wildman–Crippen MR) is 79.4 cm³/mol. The summed E-state index contributed by atoms with van der Waals surface area (Å²) in [4.78, 5) is 17.1. The summed E-state index contributed by atoms with van der Waals surface area (Å²) in [5.74, 6) is -0.0291. The maximum atomic E-state index is 12.4. The van der Waals surface area contributed by atoms with E-state index in [2.05, 4.69) is 4.98 Å². The van der Waals surface area contributed by atoms with Crippen LogP contribution in [-0.2, 0) is 4.74 Å². The molecular formula is C15H21ClN2O3. The smallest absolute Gasteiger partial charge is 0.270 e. The van der Waals surface area contributed by atoms with Crippen molar-refractivity contribution in [3.8, 4) is 0 Å². The lowest BCUT2D eigenvalue weighted by atomic mass is 9.58. The molecule has 1 amide bonds. The molecular weight excluding hydrogens is 292 g/mol. The number of rotatable bonds is 3. The van der Waals surface area contributed by atoms with E-state index in [1.54, 1.807) is 12.3 Å². The van der Waals surface area contributed by atoms with Crippen molar-refractivity contribution in [3.05, 3.63) is 23.0 Å². The first-order chi connectivity index (χ1) is 10.1. The van der Waals surface area contributed by atoms with Gasteiger partial charge in [0.05, 0.1) is 17.2 Å². The summed E-state index contributed by atoms with van der Waals surface area (Å²) in [7, 11) is 0. The van der Waals surface area contributed by atoms with Gasteiger partial charge in [-0.15, -0.1) is 0 Å². The maximum Gasteiger partial charge on any atom is 0.270 e. The fourth-order valence-corrected chi connectivity index (χ4v) is 3.77. The Bertz CT molecular complexity index is 521. The van der Waals surface area contributed by atoms with E-state index in [-0.39, 0.29) is 23.5 Å². The fraction of sp³-hybridized carbons (Fsp3) is 0.667. The van der Waals surface area contributed by atoms with Gasteiger partial charge in [-0.1, -0.05) is 11.6 Å². The summed E-state index contributed by atoms with van der Waals surface area (Å²) in [5, 5.41) is 10.7. The van der Waals surface area contributed by atoms with E-state index in [9.17, 15) is 9.90 Å². The average molecular weight is 313 g/mol. The highest BCUT2D eigenvalue weighted by Gasteiger charge is 2.56. The van der Waals surface area contributed by atoms with E-state index < -0.39 is 0 Å². The van der Waals surface area contributed by atoms with Gasteiger partial charge in [0.1, 0.15) is 5.69 Å². The van der Waals surface area contributed by atoms with E-state index in [1.165, 1.54) is 0 Å². The number of aromatic nitrogens is 1. The summed E-state index contributed by atoms with van der Waals surface area (Å²) in [6.07, 6.45) is 3.74.